The first-order chi connectivity index (χ1) is 7.87. The number of likely N-dealkylation sites (tertiary alicyclic amines) is 1. The summed E-state index contributed by atoms with van der Waals surface area (Å²) in [5.41, 5.74) is 0.429. The minimum atomic E-state index is -0.0638. The summed E-state index contributed by atoms with van der Waals surface area (Å²) >= 11 is 0. The van der Waals surface area contributed by atoms with E-state index in [0.29, 0.717) is 17.4 Å². The molecule has 0 aromatic rings. The van der Waals surface area contributed by atoms with Crippen LogP contribution < -0.4 is 0 Å². The van der Waals surface area contributed by atoms with E-state index in [1.54, 1.807) is 0 Å². The fourth-order valence-corrected chi connectivity index (χ4v) is 3.85. The van der Waals surface area contributed by atoms with Crippen LogP contribution in [0.1, 0.15) is 53.4 Å². The molecular formula is C15H29NO. The smallest absolute Gasteiger partial charge is 0.0581 e. The lowest BCUT2D eigenvalue weighted by Gasteiger charge is -2.40. The normalized spacial score (nSPS) is 42.9. The van der Waals surface area contributed by atoms with Crippen molar-refractivity contribution >= 4 is 0 Å². The highest BCUT2D eigenvalue weighted by Crippen LogP contribution is 2.39. The lowest BCUT2D eigenvalue weighted by molar-refractivity contribution is 0.00295. The Hall–Kier alpha value is -0.0800. The summed E-state index contributed by atoms with van der Waals surface area (Å²) in [6.45, 7) is 11.7. The summed E-state index contributed by atoms with van der Waals surface area (Å²) in [6, 6.07) is 0.710. The minimum absolute atomic E-state index is 0.0638. The van der Waals surface area contributed by atoms with Gasteiger partial charge in [-0.25, -0.2) is 0 Å². The topological polar surface area (TPSA) is 23.5 Å². The number of rotatable bonds is 2. The second-order valence-electron chi connectivity index (χ2n) is 7.38. The molecule has 100 valence electrons. The molecule has 1 saturated carbocycles. The summed E-state index contributed by atoms with van der Waals surface area (Å²) < 4.78 is 0. The van der Waals surface area contributed by atoms with Crippen molar-refractivity contribution in [2.24, 2.45) is 17.3 Å². The largest absolute Gasteiger partial charge is 0.393 e. The monoisotopic (exact) mass is 239 g/mol. The van der Waals surface area contributed by atoms with Gasteiger partial charge in [0.15, 0.2) is 0 Å². The average molecular weight is 239 g/mol. The van der Waals surface area contributed by atoms with E-state index < -0.39 is 0 Å². The third kappa shape index (κ3) is 3.23. The van der Waals surface area contributed by atoms with E-state index >= 15 is 0 Å². The van der Waals surface area contributed by atoms with Crippen LogP contribution in [-0.4, -0.2) is 35.2 Å². The Morgan fingerprint density at radius 2 is 2.00 bits per heavy atom. The van der Waals surface area contributed by atoms with Gasteiger partial charge in [0, 0.05) is 19.1 Å². The molecule has 2 heteroatoms. The maximum absolute atomic E-state index is 10.2. The number of hydrogen-bond acceptors (Lipinski definition) is 2. The predicted molar refractivity (Wildman–Crippen MR) is 71.9 cm³/mol. The van der Waals surface area contributed by atoms with Crippen LogP contribution in [0.3, 0.4) is 0 Å². The molecular weight excluding hydrogens is 210 g/mol. The lowest BCUT2D eigenvalue weighted by atomic mass is 9.70. The molecule has 2 nitrogen and oxygen atoms in total. The molecule has 1 N–H and O–H groups in total. The van der Waals surface area contributed by atoms with Gasteiger partial charge in [0.25, 0.3) is 0 Å². The number of hydrogen-bond donors (Lipinski definition) is 1. The van der Waals surface area contributed by atoms with Crippen molar-refractivity contribution in [3.8, 4) is 0 Å². The van der Waals surface area contributed by atoms with Gasteiger partial charge in [-0.3, -0.25) is 0 Å². The number of aliphatic hydroxyl groups excluding tert-OH is 1. The number of nitrogens with zero attached hydrogens (tertiary/aromatic N) is 1. The zero-order valence-corrected chi connectivity index (χ0v) is 11.9. The van der Waals surface area contributed by atoms with Gasteiger partial charge < -0.3 is 10.0 Å². The van der Waals surface area contributed by atoms with Gasteiger partial charge >= 0.3 is 0 Å². The van der Waals surface area contributed by atoms with E-state index in [1.807, 2.05) is 0 Å². The zero-order valence-electron chi connectivity index (χ0n) is 11.9. The summed E-state index contributed by atoms with van der Waals surface area (Å²) in [5, 5.41) is 10.2. The van der Waals surface area contributed by atoms with Crippen LogP contribution in [-0.2, 0) is 0 Å². The first kappa shape index (κ1) is 13.4. The third-order valence-corrected chi connectivity index (χ3v) is 4.86. The maximum Gasteiger partial charge on any atom is 0.0581 e. The van der Waals surface area contributed by atoms with Crippen LogP contribution in [0.2, 0.25) is 0 Å². The zero-order chi connectivity index (χ0) is 12.6. The van der Waals surface area contributed by atoms with E-state index in [1.165, 1.54) is 25.8 Å². The van der Waals surface area contributed by atoms with Gasteiger partial charge in [-0.15, -0.1) is 0 Å². The lowest BCUT2D eigenvalue weighted by Crippen LogP contribution is -2.42. The summed E-state index contributed by atoms with van der Waals surface area (Å²) in [6.07, 6.45) is 4.62. The second-order valence-corrected chi connectivity index (χ2v) is 7.38. The van der Waals surface area contributed by atoms with Crippen molar-refractivity contribution in [3.05, 3.63) is 0 Å². The van der Waals surface area contributed by atoms with E-state index in [9.17, 15) is 5.11 Å². The Morgan fingerprint density at radius 3 is 2.59 bits per heavy atom. The molecule has 0 spiro atoms. The van der Waals surface area contributed by atoms with Crippen LogP contribution in [0, 0.1) is 17.3 Å². The van der Waals surface area contributed by atoms with Crippen LogP contribution in [0.5, 0.6) is 0 Å². The average Bonchev–Trinajstić information content (AvgIpc) is 2.51. The van der Waals surface area contributed by atoms with Crippen LogP contribution in [0.25, 0.3) is 0 Å². The molecule has 2 rings (SSSR count). The molecule has 1 aliphatic carbocycles. The van der Waals surface area contributed by atoms with Crippen LogP contribution in [0.15, 0.2) is 0 Å². The first-order valence-electron chi connectivity index (χ1n) is 7.29. The van der Waals surface area contributed by atoms with Crippen molar-refractivity contribution in [2.45, 2.75) is 65.5 Å². The molecule has 1 aliphatic heterocycles. The van der Waals surface area contributed by atoms with Gasteiger partial charge in [-0.2, -0.15) is 0 Å². The van der Waals surface area contributed by atoms with Gasteiger partial charge in [-0.1, -0.05) is 20.8 Å². The summed E-state index contributed by atoms with van der Waals surface area (Å²) in [5.74, 6) is 1.32. The minimum Gasteiger partial charge on any atom is -0.393 e. The Morgan fingerprint density at radius 1 is 1.29 bits per heavy atom. The summed E-state index contributed by atoms with van der Waals surface area (Å²) in [7, 11) is 0. The highest BCUT2D eigenvalue weighted by atomic mass is 16.3. The van der Waals surface area contributed by atoms with Crippen molar-refractivity contribution < 1.29 is 5.11 Å². The summed E-state index contributed by atoms with van der Waals surface area (Å²) in [4.78, 5) is 2.60. The molecule has 2 aliphatic rings. The standard InChI is InChI=1S/C15H29NO/c1-11-7-12(2)16(9-11)10-13-8-15(3,4)6-5-14(13)17/h11-14,17H,5-10H2,1-4H3. The molecule has 0 radical (unpaired) electrons. The first-order valence-corrected chi connectivity index (χ1v) is 7.29. The maximum atomic E-state index is 10.2. The predicted octanol–water partition coefficient (Wildman–Crippen LogP) is 2.90. The Kier molecular flexibility index (Phi) is 3.84. The third-order valence-electron chi connectivity index (χ3n) is 4.86. The molecule has 1 saturated heterocycles. The fourth-order valence-electron chi connectivity index (χ4n) is 3.85. The Balaban J connectivity index is 1.93. The Labute approximate surface area is 106 Å². The fraction of sp³-hybridized carbons (Fsp3) is 1.00. The molecule has 1 heterocycles. The van der Waals surface area contributed by atoms with Crippen molar-refractivity contribution in [3.63, 3.8) is 0 Å². The highest BCUT2D eigenvalue weighted by Gasteiger charge is 2.36. The quantitative estimate of drug-likeness (QED) is 0.801. The molecule has 4 atom stereocenters. The molecule has 0 aromatic heterocycles. The van der Waals surface area contributed by atoms with E-state index in [2.05, 4.69) is 32.6 Å². The molecule has 0 amide bonds. The van der Waals surface area contributed by atoms with Gasteiger partial charge in [0.2, 0.25) is 0 Å². The SMILES string of the molecule is CC1CC(C)N(CC2CC(C)(C)CCC2O)C1. The molecule has 0 aromatic carbocycles. The molecule has 17 heavy (non-hydrogen) atoms. The van der Waals surface area contributed by atoms with Crippen LogP contribution in [0.4, 0.5) is 0 Å². The van der Waals surface area contributed by atoms with Gasteiger partial charge in [-0.05, 0) is 49.9 Å². The molecule has 4 unspecified atom stereocenters. The van der Waals surface area contributed by atoms with Gasteiger partial charge in [0.1, 0.15) is 0 Å². The van der Waals surface area contributed by atoms with Gasteiger partial charge in [0.05, 0.1) is 6.10 Å². The van der Waals surface area contributed by atoms with E-state index in [0.717, 1.165) is 18.9 Å². The molecule has 2 fully saturated rings. The molecule has 0 bridgehead atoms. The van der Waals surface area contributed by atoms with E-state index in [4.69, 9.17) is 0 Å². The Bertz CT molecular complexity index is 264. The van der Waals surface area contributed by atoms with Crippen molar-refractivity contribution in [2.75, 3.05) is 13.1 Å². The van der Waals surface area contributed by atoms with Crippen molar-refractivity contribution in [1.29, 1.82) is 0 Å². The highest BCUT2D eigenvalue weighted by molar-refractivity contribution is 4.89. The number of aliphatic hydroxyl groups is 1. The van der Waals surface area contributed by atoms with Crippen LogP contribution >= 0.6 is 0 Å². The second kappa shape index (κ2) is 4.89. The van der Waals surface area contributed by atoms with E-state index in [-0.39, 0.29) is 6.10 Å². The van der Waals surface area contributed by atoms with Crippen molar-refractivity contribution in [1.82, 2.24) is 4.90 Å².